The molecule has 1 atom stereocenters. The number of amides is 1. The van der Waals surface area contributed by atoms with E-state index in [0.717, 1.165) is 64.8 Å². The molecule has 162 valence electrons. The van der Waals surface area contributed by atoms with Gasteiger partial charge in [0.15, 0.2) is 11.5 Å². The minimum Gasteiger partial charge on any atom is -0.493 e. The highest BCUT2D eigenvalue weighted by molar-refractivity contribution is 5.94. The predicted octanol–water partition coefficient (Wildman–Crippen LogP) is 1.74. The second-order valence-electron chi connectivity index (χ2n) is 8.19. The summed E-state index contributed by atoms with van der Waals surface area (Å²) >= 11 is 0. The Morgan fingerprint density at radius 2 is 2.00 bits per heavy atom. The monoisotopic (exact) mass is 405 g/mol. The third-order valence-corrected chi connectivity index (χ3v) is 5.80. The van der Waals surface area contributed by atoms with E-state index in [-0.39, 0.29) is 18.1 Å². The van der Waals surface area contributed by atoms with Gasteiger partial charge in [0.1, 0.15) is 6.10 Å². The van der Waals surface area contributed by atoms with Crippen LogP contribution in [0.1, 0.15) is 42.5 Å². The largest absolute Gasteiger partial charge is 0.493 e. The van der Waals surface area contributed by atoms with Crippen molar-refractivity contribution in [2.75, 3.05) is 53.4 Å². The maximum absolute atomic E-state index is 12.5. The lowest BCUT2D eigenvalue weighted by Crippen LogP contribution is -2.39. The number of benzene rings is 1. The van der Waals surface area contributed by atoms with Crippen LogP contribution >= 0.6 is 0 Å². The maximum atomic E-state index is 12.5. The maximum Gasteiger partial charge on any atom is 0.251 e. The van der Waals surface area contributed by atoms with E-state index in [1.807, 2.05) is 6.07 Å². The third-order valence-electron chi connectivity index (χ3n) is 5.80. The molecule has 2 aliphatic rings. The van der Waals surface area contributed by atoms with Crippen molar-refractivity contribution in [3.63, 3.8) is 0 Å². The SMILES string of the molecule is COc1cc(C(=O)NCCCN2CCC[C@@H](O)C2)ccc1OC1CCN(C)CC1. The van der Waals surface area contributed by atoms with E-state index in [4.69, 9.17) is 9.47 Å². The van der Waals surface area contributed by atoms with Crippen LogP contribution in [0.4, 0.5) is 0 Å². The lowest BCUT2D eigenvalue weighted by molar-refractivity contribution is 0.0697. The van der Waals surface area contributed by atoms with Gasteiger partial charge in [-0.3, -0.25) is 4.79 Å². The zero-order chi connectivity index (χ0) is 20.6. The van der Waals surface area contributed by atoms with Gasteiger partial charge in [-0.25, -0.2) is 0 Å². The highest BCUT2D eigenvalue weighted by Crippen LogP contribution is 2.30. The molecular weight excluding hydrogens is 370 g/mol. The second kappa shape index (κ2) is 10.8. The molecule has 0 aromatic heterocycles. The topological polar surface area (TPSA) is 74.3 Å². The number of carbonyl (C=O) groups excluding carboxylic acids is 1. The molecule has 0 aliphatic carbocycles. The number of aliphatic hydroxyl groups excluding tert-OH is 1. The van der Waals surface area contributed by atoms with Gasteiger partial charge >= 0.3 is 0 Å². The summed E-state index contributed by atoms with van der Waals surface area (Å²) in [5, 5.41) is 12.7. The fourth-order valence-corrected chi connectivity index (χ4v) is 4.03. The number of ether oxygens (including phenoxy) is 2. The summed E-state index contributed by atoms with van der Waals surface area (Å²) in [6.45, 7) is 5.34. The molecular formula is C22H35N3O4. The van der Waals surface area contributed by atoms with E-state index < -0.39 is 0 Å². The molecule has 1 amide bonds. The Bertz CT molecular complexity index is 661. The zero-order valence-corrected chi connectivity index (χ0v) is 17.7. The first-order valence-corrected chi connectivity index (χ1v) is 10.8. The molecule has 7 nitrogen and oxygen atoms in total. The van der Waals surface area contributed by atoms with Crippen molar-refractivity contribution in [1.82, 2.24) is 15.1 Å². The normalized spacial score (nSPS) is 21.7. The summed E-state index contributed by atoms with van der Waals surface area (Å²) in [6, 6.07) is 5.38. The zero-order valence-electron chi connectivity index (χ0n) is 17.7. The number of nitrogens with one attached hydrogen (secondary N) is 1. The van der Waals surface area contributed by atoms with Crippen molar-refractivity contribution >= 4 is 5.91 Å². The van der Waals surface area contributed by atoms with E-state index in [0.29, 0.717) is 23.6 Å². The summed E-state index contributed by atoms with van der Waals surface area (Å²) in [6.07, 6.45) is 4.78. The molecule has 0 spiro atoms. The first-order chi connectivity index (χ1) is 14.0. The van der Waals surface area contributed by atoms with E-state index in [1.54, 1.807) is 19.2 Å². The minimum absolute atomic E-state index is 0.104. The van der Waals surface area contributed by atoms with Gasteiger partial charge < -0.3 is 29.7 Å². The van der Waals surface area contributed by atoms with E-state index >= 15 is 0 Å². The van der Waals surface area contributed by atoms with E-state index in [2.05, 4.69) is 22.2 Å². The molecule has 0 saturated carbocycles. The standard InChI is InChI=1S/C22H35N3O4/c1-24-13-8-19(9-14-24)29-20-7-6-17(15-21(20)28-2)22(27)23-10-4-12-25-11-3-5-18(26)16-25/h6-7,15,18-19,26H,3-5,8-14,16H2,1-2H3,(H,23,27)/t18-/m1/s1. The van der Waals surface area contributed by atoms with Gasteiger partial charge in [0, 0.05) is 31.7 Å². The number of likely N-dealkylation sites (tertiary alicyclic amines) is 2. The van der Waals surface area contributed by atoms with Crippen molar-refractivity contribution in [2.45, 2.75) is 44.3 Å². The molecule has 29 heavy (non-hydrogen) atoms. The number of nitrogens with zero attached hydrogens (tertiary/aromatic N) is 2. The van der Waals surface area contributed by atoms with Crippen molar-refractivity contribution in [3.05, 3.63) is 23.8 Å². The van der Waals surface area contributed by atoms with Gasteiger partial charge in [-0.05, 0) is 70.4 Å². The summed E-state index contributed by atoms with van der Waals surface area (Å²) in [5.41, 5.74) is 0.575. The number of carbonyl (C=O) groups is 1. The number of hydrogen-bond acceptors (Lipinski definition) is 6. The number of aliphatic hydroxyl groups is 1. The van der Waals surface area contributed by atoms with E-state index in [1.165, 1.54) is 0 Å². The molecule has 2 heterocycles. The van der Waals surface area contributed by atoms with Gasteiger partial charge in [0.05, 0.1) is 13.2 Å². The number of piperidine rings is 2. The van der Waals surface area contributed by atoms with Crippen LogP contribution < -0.4 is 14.8 Å². The predicted molar refractivity (Wildman–Crippen MR) is 113 cm³/mol. The lowest BCUT2D eigenvalue weighted by Gasteiger charge is -2.30. The van der Waals surface area contributed by atoms with Crippen molar-refractivity contribution < 1.29 is 19.4 Å². The second-order valence-corrected chi connectivity index (χ2v) is 8.19. The molecule has 7 heteroatoms. The molecule has 3 rings (SSSR count). The molecule has 2 N–H and O–H groups in total. The smallest absolute Gasteiger partial charge is 0.251 e. The molecule has 2 fully saturated rings. The van der Waals surface area contributed by atoms with Crippen LogP contribution in [0, 0.1) is 0 Å². The molecule has 1 aromatic rings. The Kier molecular flexibility index (Phi) is 8.15. The van der Waals surface area contributed by atoms with Crippen molar-refractivity contribution in [3.8, 4) is 11.5 Å². The van der Waals surface area contributed by atoms with Crippen LogP contribution in [0.2, 0.25) is 0 Å². The van der Waals surface area contributed by atoms with Crippen LogP contribution in [0.3, 0.4) is 0 Å². The highest BCUT2D eigenvalue weighted by atomic mass is 16.5. The Labute approximate surface area is 174 Å². The van der Waals surface area contributed by atoms with Gasteiger partial charge in [-0.15, -0.1) is 0 Å². The Morgan fingerprint density at radius 1 is 1.21 bits per heavy atom. The van der Waals surface area contributed by atoms with Gasteiger partial charge in [0.2, 0.25) is 0 Å². The molecule has 2 saturated heterocycles. The van der Waals surface area contributed by atoms with Crippen LogP contribution in [-0.2, 0) is 0 Å². The molecule has 0 bridgehead atoms. The average Bonchev–Trinajstić information content (AvgIpc) is 2.73. The molecule has 2 aliphatic heterocycles. The highest BCUT2D eigenvalue weighted by Gasteiger charge is 2.20. The molecule has 0 unspecified atom stereocenters. The molecule has 1 aromatic carbocycles. The first kappa shape index (κ1) is 21.9. The number of hydrogen-bond donors (Lipinski definition) is 2. The number of rotatable bonds is 8. The molecule has 0 radical (unpaired) electrons. The Balaban J connectivity index is 1.46. The van der Waals surface area contributed by atoms with Crippen molar-refractivity contribution in [2.24, 2.45) is 0 Å². The average molecular weight is 406 g/mol. The summed E-state index contributed by atoms with van der Waals surface area (Å²) < 4.78 is 11.6. The van der Waals surface area contributed by atoms with Gasteiger partial charge in [-0.2, -0.15) is 0 Å². The summed E-state index contributed by atoms with van der Waals surface area (Å²) in [4.78, 5) is 17.1. The van der Waals surface area contributed by atoms with Crippen LogP contribution in [0.25, 0.3) is 0 Å². The minimum atomic E-state index is -0.207. The fourth-order valence-electron chi connectivity index (χ4n) is 4.03. The lowest BCUT2D eigenvalue weighted by atomic mass is 10.1. The van der Waals surface area contributed by atoms with Crippen LogP contribution in [0.15, 0.2) is 18.2 Å². The Morgan fingerprint density at radius 3 is 2.72 bits per heavy atom. The van der Waals surface area contributed by atoms with Gasteiger partial charge in [-0.1, -0.05) is 0 Å². The first-order valence-electron chi connectivity index (χ1n) is 10.8. The van der Waals surface area contributed by atoms with E-state index in [9.17, 15) is 9.90 Å². The Hall–Kier alpha value is -1.83. The van der Waals surface area contributed by atoms with Crippen LogP contribution in [0.5, 0.6) is 11.5 Å². The quantitative estimate of drug-likeness (QED) is 0.642. The third kappa shape index (κ3) is 6.59. The number of β-amino-alcohol motifs (C(OH)–C–C–N with tert-alkyl or cyclic N) is 1. The fraction of sp³-hybridized carbons (Fsp3) is 0.682. The number of methoxy groups -OCH3 is 1. The summed E-state index contributed by atoms with van der Waals surface area (Å²) in [7, 11) is 3.73. The van der Waals surface area contributed by atoms with Crippen molar-refractivity contribution in [1.29, 1.82) is 0 Å². The van der Waals surface area contributed by atoms with Gasteiger partial charge in [0.25, 0.3) is 5.91 Å². The summed E-state index contributed by atoms with van der Waals surface area (Å²) in [5.74, 6) is 1.19. The van der Waals surface area contributed by atoms with Crippen LogP contribution in [-0.4, -0.2) is 86.4 Å².